The van der Waals surface area contributed by atoms with Crippen molar-refractivity contribution in [2.24, 2.45) is 11.0 Å². The van der Waals surface area contributed by atoms with Gasteiger partial charge in [-0.05, 0) is 12.3 Å². The van der Waals surface area contributed by atoms with Crippen LogP contribution in [0, 0.1) is 5.92 Å². The van der Waals surface area contributed by atoms with Crippen molar-refractivity contribution in [3.8, 4) is 0 Å². The number of nitrogens with zero attached hydrogens (tertiary/aromatic N) is 2. The topological polar surface area (TPSA) is 61.8 Å². The predicted molar refractivity (Wildman–Crippen MR) is 48.2 cm³/mol. The Balaban J connectivity index is 2.41. The molecule has 0 aromatic rings. The monoisotopic (exact) mass is 183 g/mol. The zero-order chi connectivity index (χ0) is 9.84. The van der Waals surface area contributed by atoms with Crippen LogP contribution in [0.5, 0.6) is 0 Å². The second-order valence-corrected chi connectivity index (χ2v) is 3.34. The molecule has 1 rings (SSSR count). The van der Waals surface area contributed by atoms with Crippen molar-refractivity contribution in [1.29, 1.82) is 0 Å². The van der Waals surface area contributed by atoms with E-state index in [9.17, 15) is 9.59 Å². The van der Waals surface area contributed by atoms with Gasteiger partial charge in [0.15, 0.2) is 0 Å². The SMILES string of the molecule is CC(C)C/C=N/N1CC(=O)NC1=O. The minimum Gasteiger partial charge on any atom is -0.275 e. The molecule has 13 heavy (non-hydrogen) atoms. The molecule has 72 valence electrons. The summed E-state index contributed by atoms with van der Waals surface area (Å²) in [5, 5.41) is 7.14. The first-order valence-electron chi connectivity index (χ1n) is 4.23. The molecule has 0 aromatic heterocycles. The standard InChI is InChI=1S/C8H13N3O2/c1-6(2)3-4-9-11-5-7(12)10-8(11)13/h4,6H,3,5H2,1-2H3,(H,10,12,13)/b9-4+. The summed E-state index contributed by atoms with van der Waals surface area (Å²) in [6, 6.07) is -0.440. The molecule has 1 heterocycles. The van der Waals surface area contributed by atoms with Crippen molar-refractivity contribution in [3.05, 3.63) is 0 Å². The maximum absolute atomic E-state index is 10.9. The van der Waals surface area contributed by atoms with E-state index < -0.39 is 6.03 Å². The molecule has 1 N–H and O–H groups in total. The molecule has 1 aliphatic rings. The lowest BCUT2D eigenvalue weighted by molar-refractivity contribution is -0.118. The lowest BCUT2D eigenvalue weighted by Crippen LogP contribution is -2.24. The maximum Gasteiger partial charge on any atom is 0.344 e. The van der Waals surface area contributed by atoms with Crippen molar-refractivity contribution in [2.75, 3.05) is 6.54 Å². The zero-order valence-electron chi connectivity index (χ0n) is 7.78. The molecule has 0 aliphatic carbocycles. The van der Waals surface area contributed by atoms with Gasteiger partial charge in [0.2, 0.25) is 5.91 Å². The van der Waals surface area contributed by atoms with E-state index >= 15 is 0 Å². The highest BCUT2D eigenvalue weighted by atomic mass is 16.2. The Kier molecular flexibility index (Phi) is 3.00. The number of hydrogen-bond donors (Lipinski definition) is 1. The van der Waals surface area contributed by atoms with E-state index in [0.29, 0.717) is 5.92 Å². The van der Waals surface area contributed by atoms with Gasteiger partial charge >= 0.3 is 6.03 Å². The zero-order valence-corrected chi connectivity index (χ0v) is 7.78. The Bertz CT molecular complexity index is 248. The second kappa shape index (κ2) is 4.02. The van der Waals surface area contributed by atoms with E-state index in [2.05, 4.69) is 24.3 Å². The molecular weight excluding hydrogens is 170 g/mol. The van der Waals surface area contributed by atoms with Gasteiger partial charge in [-0.25, -0.2) is 9.80 Å². The number of carbonyl (C=O) groups is 2. The van der Waals surface area contributed by atoms with Crippen molar-refractivity contribution in [3.63, 3.8) is 0 Å². The highest BCUT2D eigenvalue weighted by Gasteiger charge is 2.25. The summed E-state index contributed by atoms with van der Waals surface area (Å²) in [6.07, 6.45) is 2.46. The average Bonchev–Trinajstić information content (AvgIpc) is 2.29. The summed E-state index contributed by atoms with van der Waals surface area (Å²) in [5.74, 6) is 0.205. The Labute approximate surface area is 76.8 Å². The molecule has 1 aliphatic heterocycles. The fourth-order valence-electron chi connectivity index (χ4n) is 0.881. The van der Waals surface area contributed by atoms with Crippen LogP contribution in [0.15, 0.2) is 5.10 Å². The fourth-order valence-corrected chi connectivity index (χ4v) is 0.881. The van der Waals surface area contributed by atoms with Crippen LogP contribution in [0.25, 0.3) is 0 Å². The molecule has 3 amide bonds. The first-order valence-corrected chi connectivity index (χ1v) is 4.23. The summed E-state index contributed by atoms with van der Waals surface area (Å²) in [5.41, 5.74) is 0. The number of urea groups is 1. The maximum atomic E-state index is 10.9. The van der Waals surface area contributed by atoms with Crippen LogP contribution in [0.2, 0.25) is 0 Å². The third-order valence-corrected chi connectivity index (χ3v) is 1.57. The third-order valence-electron chi connectivity index (χ3n) is 1.57. The van der Waals surface area contributed by atoms with Gasteiger partial charge in [0.1, 0.15) is 6.54 Å². The minimum absolute atomic E-state index is 0.0351. The van der Waals surface area contributed by atoms with Crippen LogP contribution in [0.3, 0.4) is 0 Å². The van der Waals surface area contributed by atoms with E-state index in [-0.39, 0.29) is 12.5 Å². The number of rotatable bonds is 3. The van der Waals surface area contributed by atoms with Gasteiger partial charge in [0, 0.05) is 6.21 Å². The van der Waals surface area contributed by atoms with Gasteiger partial charge in [-0.3, -0.25) is 10.1 Å². The lowest BCUT2D eigenvalue weighted by atomic mass is 10.2. The molecular formula is C8H13N3O2. The highest BCUT2D eigenvalue weighted by Crippen LogP contribution is 2.00. The van der Waals surface area contributed by atoms with Crippen molar-refractivity contribution in [2.45, 2.75) is 20.3 Å². The van der Waals surface area contributed by atoms with Crippen LogP contribution in [0.4, 0.5) is 4.79 Å². The molecule has 0 radical (unpaired) electrons. The molecule has 0 bridgehead atoms. The normalized spacial score (nSPS) is 17.6. The quantitative estimate of drug-likeness (QED) is 0.513. The van der Waals surface area contributed by atoms with E-state index in [1.165, 1.54) is 0 Å². The Morgan fingerprint density at radius 1 is 1.62 bits per heavy atom. The van der Waals surface area contributed by atoms with Crippen molar-refractivity contribution >= 4 is 18.2 Å². The molecule has 1 fully saturated rings. The van der Waals surface area contributed by atoms with Crippen LogP contribution in [-0.4, -0.2) is 29.7 Å². The van der Waals surface area contributed by atoms with Crippen LogP contribution in [0.1, 0.15) is 20.3 Å². The van der Waals surface area contributed by atoms with Gasteiger partial charge in [0.05, 0.1) is 0 Å². The minimum atomic E-state index is -0.440. The van der Waals surface area contributed by atoms with E-state index in [1.54, 1.807) is 6.21 Å². The summed E-state index contributed by atoms with van der Waals surface area (Å²) in [4.78, 5) is 21.7. The Morgan fingerprint density at radius 3 is 2.77 bits per heavy atom. The Hall–Kier alpha value is -1.39. The first-order chi connectivity index (χ1) is 6.09. The van der Waals surface area contributed by atoms with Gasteiger partial charge in [-0.1, -0.05) is 13.8 Å². The van der Waals surface area contributed by atoms with E-state index in [1.807, 2.05) is 0 Å². The number of nitrogens with one attached hydrogen (secondary N) is 1. The number of hydrazone groups is 1. The molecule has 1 saturated heterocycles. The third kappa shape index (κ3) is 2.85. The molecule has 5 heteroatoms. The van der Waals surface area contributed by atoms with Crippen LogP contribution >= 0.6 is 0 Å². The molecule has 0 atom stereocenters. The van der Waals surface area contributed by atoms with Gasteiger partial charge < -0.3 is 0 Å². The van der Waals surface area contributed by atoms with Gasteiger partial charge in [-0.15, -0.1) is 0 Å². The smallest absolute Gasteiger partial charge is 0.275 e. The van der Waals surface area contributed by atoms with Gasteiger partial charge in [0.25, 0.3) is 0 Å². The Morgan fingerprint density at radius 2 is 2.31 bits per heavy atom. The molecule has 0 aromatic carbocycles. The van der Waals surface area contributed by atoms with E-state index in [0.717, 1.165) is 11.4 Å². The first kappa shape index (κ1) is 9.70. The number of hydrogen-bond acceptors (Lipinski definition) is 3. The molecule has 5 nitrogen and oxygen atoms in total. The summed E-state index contributed by atoms with van der Waals surface area (Å²) in [7, 11) is 0. The fraction of sp³-hybridized carbons (Fsp3) is 0.625. The summed E-state index contributed by atoms with van der Waals surface area (Å²) in [6.45, 7) is 4.15. The summed E-state index contributed by atoms with van der Waals surface area (Å²) < 4.78 is 0. The van der Waals surface area contributed by atoms with Crippen LogP contribution < -0.4 is 5.32 Å². The number of imide groups is 1. The number of amides is 3. The van der Waals surface area contributed by atoms with Crippen LogP contribution in [-0.2, 0) is 4.79 Å². The second-order valence-electron chi connectivity index (χ2n) is 3.34. The van der Waals surface area contributed by atoms with E-state index in [4.69, 9.17) is 0 Å². The largest absolute Gasteiger partial charge is 0.344 e. The molecule has 0 spiro atoms. The lowest BCUT2D eigenvalue weighted by Gasteiger charge is -2.04. The van der Waals surface area contributed by atoms with Crippen molar-refractivity contribution in [1.82, 2.24) is 10.3 Å². The van der Waals surface area contributed by atoms with Crippen molar-refractivity contribution < 1.29 is 9.59 Å². The molecule has 0 saturated carbocycles. The highest BCUT2D eigenvalue weighted by molar-refractivity contribution is 6.01. The summed E-state index contributed by atoms with van der Waals surface area (Å²) >= 11 is 0. The van der Waals surface area contributed by atoms with Gasteiger partial charge in [-0.2, -0.15) is 5.10 Å². The molecule has 0 unspecified atom stereocenters. The number of carbonyl (C=O) groups excluding carboxylic acids is 2. The predicted octanol–water partition coefficient (Wildman–Crippen LogP) is 0.570. The average molecular weight is 183 g/mol.